The summed E-state index contributed by atoms with van der Waals surface area (Å²) in [5.41, 5.74) is 6.59. The van der Waals surface area contributed by atoms with Crippen LogP contribution in [0, 0.1) is 0 Å². The van der Waals surface area contributed by atoms with E-state index in [9.17, 15) is 0 Å². The molecule has 0 radical (unpaired) electrons. The number of hydrogen-bond acceptors (Lipinski definition) is 1. The number of hydrogen-bond donors (Lipinski definition) is 0. The molecule has 0 aliphatic rings. The maximum atomic E-state index is 7.20. The van der Waals surface area contributed by atoms with Crippen LogP contribution in [0.25, 0.3) is 130 Å². The monoisotopic (exact) mass is 668 g/mol. The average Bonchev–Trinajstić information content (AvgIpc) is 3.62. The molecular weight excluding hydrogens is 641 g/mol. The molecule has 0 spiro atoms. The molecule has 1 nitrogen and oxygen atoms in total. The summed E-state index contributed by atoms with van der Waals surface area (Å²) in [5.74, 6) is 0. The van der Waals surface area contributed by atoms with Crippen LogP contribution in [-0.4, -0.2) is 0 Å². The van der Waals surface area contributed by atoms with Gasteiger partial charge in [0.1, 0.15) is 11.2 Å². The molecule has 242 valence electrons. The van der Waals surface area contributed by atoms with Crippen LogP contribution in [-0.2, 0) is 0 Å². The molecule has 13 rings (SSSR count). The van der Waals surface area contributed by atoms with E-state index in [1.165, 1.54) is 97.5 Å². The van der Waals surface area contributed by atoms with Gasteiger partial charge in [0, 0.05) is 21.7 Å². The fourth-order valence-electron chi connectivity index (χ4n) is 9.87. The van der Waals surface area contributed by atoms with E-state index in [4.69, 9.17) is 4.42 Å². The Morgan fingerprint density at radius 1 is 0.208 bits per heavy atom. The molecule has 0 fully saturated rings. The van der Waals surface area contributed by atoms with Crippen molar-refractivity contribution < 1.29 is 4.42 Å². The second-order valence-corrected chi connectivity index (χ2v) is 14.7. The Balaban J connectivity index is 1.18. The van der Waals surface area contributed by atoms with E-state index in [-0.39, 0.29) is 0 Å². The van der Waals surface area contributed by atoms with Crippen LogP contribution in [0.1, 0.15) is 0 Å². The third-order valence-electron chi connectivity index (χ3n) is 12.1. The van der Waals surface area contributed by atoms with E-state index in [2.05, 4.69) is 170 Å². The Hall–Kier alpha value is -6.96. The molecular formula is C52H28O. The summed E-state index contributed by atoms with van der Waals surface area (Å²) in [7, 11) is 0. The summed E-state index contributed by atoms with van der Waals surface area (Å²) in [5, 5.41) is 22.7. The second-order valence-electron chi connectivity index (χ2n) is 14.7. The van der Waals surface area contributed by atoms with Gasteiger partial charge in [0.15, 0.2) is 0 Å². The highest BCUT2D eigenvalue weighted by Gasteiger charge is 2.23. The summed E-state index contributed by atoms with van der Waals surface area (Å²) in [4.78, 5) is 0. The van der Waals surface area contributed by atoms with Crippen LogP contribution in [0.15, 0.2) is 174 Å². The van der Waals surface area contributed by atoms with E-state index in [0.29, 0.717) is 0 Å². The van der Waals surface area contributed by atoms with E-state index in [1.54, 1.807) is 0 Å². The molecule has 13 aromatic rings. The van der Waals surface area contributed by atoms with Gasteiger partial charge in [-0.2, -0.15) is 0 Å². The van der Waals surface area contributed by atoms with Crippen molar-refractivity contribution in [1.29, 1.82) is 0 Å². The third-order valence-corrected chi connectivity index (χ3v) is 12.1. The Morgan fingerprint density at radius 2 is 0.660 bits per heavy atom. The Bertz CT molecular complexity index is 3660. The number of fused-ring (bicyclic) bond motifs is 8. The van der Waals surface area contributed by atoms with Gasteiger partial charge in [-0.3, -0.25) is 0 Å². The SMILES string of the molecule is c1ccc2c(c1)ccc1c2oc2c(-c3ccc4c5ccccc5c5cccc6ccc3c4c65)ccc(-c3ccc4ccc5cccc6ccc3c4c56)c21. The van der Waals surface area contributed by atoms with Crippen molar-refractivity contribution in [2.24, 2.45) is 0 Å². The van der Waals surface area contributed by atoms with E-state index in [0.717, 1.165) is 32.9 Å². The van der Waals surface area contributed by atoms with Crippen molar-refractivity contribution in [3.63, 3.8) is 0 Å². The predicted octanol–water partition coefficient (Wildman–Crippen LogP) is 15.0. The first-order chi connectivity index (χ1) is 26.3. The summed E-state index contributed by atoms with van der Waals surface area (Å²) >= 11 is 0. The second kappa shape index (κ2) is 9.88. The lowest BCUT2D eigenvalue weighted by Crippen LogP contribution is -1.91. The van der Waals surface area contributed by atoms with Gasteiger partial charge < -0.3 is 4.42 Å². The lowest BCUT2D eigenvalue weighted by molar-refractivity contribution is 0.674. The van der Waals surface area contributed by atoms with Gasteiger partial charge in [-0.1, -0.05) is 158 Å². The number of benzene rings is 12. The smallest absolute Gasteiger partial charge is 0.143 e. The first-order valence-electron chi connectivity index (χ1n) is 18.4. The van der Waals surface area contributed by atoms with Crippen LogP contribution in [0.2, 0.25) is 0 Å². The number of furan rings is 1. The Morgan fingerprint density at radius 3 is 1.47 bits per heavy atom. The molecule has 12 aromatic carbocycles. The molecule has 53 heavy (non-hydrogen) atoms. The van der Waals surface area contributed by atoms with Crippen molar-refractivity contribution in [2.75, 3.05) is 0 Å². The quantitative estimate of drug-likeness (QED) is 0.132. The van der Waals surface area contributed by atoms with Gasteiger partial charge >= 0.3 is 0 Å². The van der Waals surface area contributed by atoms with Crippen molar-refractivity contribution in [3.05, 3.63) is 170 Å². The molecule has 1 heteroatoms. The maximum absolute atomic E-state index is 7.20. The largest absolute Gasteiger partial charge is 0.455 e. The highest BCUT2D eigenvalue weighted by molar-refractivity contribution is 6.36. The summed E-state index contributed by atoms with van der Waals surface area (Å²) < 4.78 is 7.20. The van der Waals surface area contributed by atoms with Gasteiger partial charge in [0.05, 0.1) is 0 Å². The van der Waals surface area contributed by atoms with Crippen LogP contribution in [0.4, 0.5) is 0 Å². The lowest BCUT2D eigenvalue weighted by atomic mass is 9.85. The van der Waals surface area contributed by atoms with Crippen molar-refractivity contribution in [2.45, 2.75) is 0 Å². The summed E-state index contributed by atoms with van der Waals surface area (Å²) in [6, 6.07) is 63.0. The highest BCUT2D eigenvalue weighted by atomic mass is 16.3. The standard InChI is InChI=1S/C52H28O/c1-2-11-34-29(7-1)17-24-45-50-43(37-21-18-33-16-15-30-8-5-9-31-19-22-40(37)47(33)46(30)31)27-28-44(52(50)53-51(34)45)38-25-26-42-36-13-4-3-12-35(36)39-14-6-10-32-20-23-41(38)49(42)48(32)39/h1-28H. The van der Waals surface area contributed by atoms with E-state index in [1.807, 2.05) is 0 Å². The zero-order valence-corrected chi connectivity index (χ0v) is 28.6. The molecule has 0 aliphatic carbocycles. The zero-order valence-electron chi connectivity index (χ0n) is 28.6. The van der Waals surface area contributed by atoms with Crippen LogP contribution >= 0.6 is 0 Å². The van der Waals surface area contributed by atoms with Crippen LogP contribution in [0.5, 0.6) is 0 Å². The minimum Gasteiger partial charge on any atom is -0.455 e. The van der Waals surface area contributed by atoms with Gasteiger partial charge in [-0.25, -0.2) is 0 Å². The Labute approximate surface area is 303 Å². The molecule has 0 atom stereocenters. The minimum absolute atomic E-state index is 0.930. The van der Waals surface area contributed by atoms with E-state index >= 15 is 0 Å². The lowest BCUT2D eigenvalue weighted by Gasteiger charge is -2.18. The van der Waals surface area contributed by atoms with Gasteiger partial charge in [0.25, 0.3) is 0 Å². The molecule has 0 bridgehead atoms. The van der Waals surface area contributed by atoms with E-state index < -0.39 is 0 Å². The van der Waals surface area contributed by atoms with Crippen molar-refractivity contribution in [1.82, 2.24) is 0 Å². The summed E-state index contributed by atoms with van der Waals surface area (Å²) in [6.45, 7) is 0. The van der Waals surface area contributed by atoms with Crippen molar-refractivity contribution in [3.8, 4) is 22.3 Å². The first-order valence-corrected chi connectivity index (χ1v) is 18.4. The third kappa shape index (κ3) is 3.52. The first kappa shape index (κ1) is 27.7. The van der Waals surface area contributed by atoms with Gasteiger partial charge in [-0.15, -0.1) is 0 Å². The molecule has 0 saturated heterocycles. The van der Waals surface area contributed by atoms with Gasteiger partial charge in [-0.05, 0) is 110 Å². The molecule has 0 aliphatic heterocycles. The number of rotatable bonds is 2. The van der Waals surface area contributed by atoms with Crippen LogP contribution < -0.4 is 0 Å². The predicted molar refractivity (Wildman–Crippen MR) is 227 cm³/mol. The molecule has 0 N–H and O–H groups in total. The Kier molecular flexibility index (Phi) is 5.17. The molecule has 0 saturated carbocycles. The highest BCUT2D eigenvalue weighted by Crippen LogP contribution is 2.49. The molecule has 0 amide bonds. The summed E-state index contributed by atoms with van der Waals surface area (Å²) in [6.07, 6.45) is 0. The topological polar surface area (TPSA) is 13.1 Å². The van der Waals surface area contributed by atoms with Crippen LogP contribution in [0.3, 0.4) is 0 Å². The maximum Gasteiger partial charge on any atom is 0.143 e. The fraction of sp³-hybridized carbons (Fsp3) is 0. The fourth-order valence-corrected chi connectivity index (χ4v) is 9.87. The zero-order chi connectivity index (χ0) is 34.4. The van der Waals surface area contributed by atoms with Crippen molar-refractivity contribution >= 4 is 108 Å². The average molecular weight is 669 g/mol. The molecule has 0 unspecified atom stereocenters. The normalized spacial score (nSPS) is 12.5. The molecule has 1 aromatic heterocycles. The minimum atomic E-state index is 0.930. The van der Waals surface area contributed by atoms with Gasteiger partial charge in [0.2, 0.25) is 0 Å². The molecule has 1 heterocycles.